The van der Waals surface area contributed by atoms with Gasteiger partial charge in [0.25, 0.3) is 0 Å². The van der Waals surface area contributed by atoms with Gasteiger partial charge in [-0.3, -0.25) is 10.1 Å². The summed E-state index contributed by atoms with van der Waals surface area (Å²) in [5, 5.41) is 25.2. The van der Waals surface area contributed by atoms with E-state index in [0.717, 1.165) is 5.56 Å². The molecule has 7 heteroatoms. The van der Waals surface area contributed by atoms with E-state index in [1.807, 2.05) is 28.8 Å². The van der Waals surface area contributed by atoms with E-state index in [2.05, 4.69) is 0 Å². The third-order valence-electron chi connectivity index (χ3n) is 2.67. The predicted octanol–water partition coefficient (Wildman–Crippen LogP) is 3.41. The van der Waals surface area contributed by atoms with Crippen LogP contribution in [0.25, 0.3) is 0 Å². The number of thiophene rings is 2. The maximum atomic E-state index is 11.1. The summed E-state index contributed by atoms with van der Waals surface area (Å²) in [5.74, 6) is 0. The van der Waals surface area contributed by atoms with Crippen LogP contribution >= 0.6 is 22.7 Å². The second-order valence-electron chi connectivity index (χ2n) is 4.26. The first-order valence-corrected chi connectivity index (χ1v) is 7.43. The van der Waals surface area contributed by atoms with Gasteiger partial charge in [-0.1, -0.05) is 0 Å². The zero-order chi connectivity index (χ0) is 14.0. The number of nitrogens with zero attached hydrogens (tertiary/aromatic N) is 2. The maximum absolute atomic E-state index is 11.1. The van der Waals surface area contributed by atoms with Gasteiger partial charge in [-0.2, -0.15) is 11.3 Å². The van der Waals surface area contributed by atoms with Gasteiger partial charge in [-0.15, -0.1) is 11.3 Å². The molecular formula is C12H14N2O3S2. The quantitative estimate of drug-likeness (QED) is 0.678. The summed E-state index contributed by atoms with van der Waals surface area (Å²) in [5.41, 5.74) is 1.17. The monoisotopic (exact) mass is 298 g/mol. The standard InChI is InChI=1S/C12H14N2O3S2/c1-8(15)11-5-10(14(16)17)12(19-11)13(2)6-9-3-4-18-7-9/h3-5,7-8,15H,6H2,1-2H3/t8-/m0/s1. The summed E-state index contributed by atoms with van der Waals surface area (Å²) in [4.78, 5) is 13.1. The minimum atomic E-state index is -0.688. The number of hydrogen-bond donors (Lipinski definition) is 1. The molecular weight excluding hydrogens is 284 g/mol. The Kier molecular flexibility index (Phi) is 4.18. The Labute approximate surface area is 118 Å². The van der Waals surface area contributed by atoms with Crippen LogP contribution < -0.4 is 4.90 Å². The molecule has 19 heavy (non-hydrogen) atoms. The normalized spacial score (nSPS) is 12.4. The molecule has 0 radical (unpaired) electrons. The molecule has 0 saturated heterocycles. The van der Waals surface area contributed by atoms with Crippen molar-refractivity contribution in [2.75, 3.05) is 11.9 Å². The number of nitro groups is 1. The molecule has 0 aliphatic rings. The largest absolute Gasteiger partial charge is 0.388 e. The van der Waals surface area contributed by atoms with Crippen molar-refractivity contribution in [1.82, 2.24) is 0 Å². The lowest BCUT2D eigenvalue weighted by Crippen LogP contribution is -2.15. The van der Waals surface area contributed by atoms with E-state index in [1.54, 1.807) is 18.3 Å². The average Bonchev–Trinajstić information content (AvgIpc) is 2.96. The minimum absolute atomic E-state index is 0.0543. The Morgan fingerprint density at radius 3 is 2.84 bits per heavy atom. The first-order valence-electron chi connectivity index (χ1n) is 5.67. The number of anilines is 1. The fraction of sp³-hybridized carbons (Fsp3) is 0.333. The van der Waals surface area contributed by atoms with Crippen molar-refractivity contribution in [3.8, 4) is 0 Å². The molecule has 2 aromatic heterocycles. The van der Waals surface area contributed by atoms with E-state index in [-0.39, 0.29) is 5.69 Å². The van der Waals surface area contributed by atoms with Crippen molar-refractivity contribution in [3.05, 3.63) is 43.4 Å². The fourth-order valence-corrected chi connectivity index (χ4v) is 3.41. The van der Waals surface area contributed by atoms with E-state index in [9.17, 15) is 15.2 Å². The Morgan fingerprint density at radius 2 is 2.32 bits per heavy atom. The molecule has 0 fully saturated rings. The summed E-state index contributed by atoms with van der Waals surface area (Å²) >= 11 is 2.86. The van der Waals surface area contributed by atoms with E-state index < -0.39 is 11.0 Å². The van der Waals surface area contributed by atoms with Gasteiger partial charge in [0, 0.05) is 24.5 Å². The molecule has 0 unspecified atom stereocenters. The van der Waals surface area contributed by atoms with E-state index in [4.69, 9.17) is 0 Å². The molecule has 1 N–H and O–H groups in total. The number of hydrogen-bond acceptors (Lipinski definition) is 6. The van der Waals surface area contributed by atoms with Crippen LogP contribution in [0.3, 0.4) is 0 Å². The lowest BCUT2D eigenvalue weighted by molar-refractivity contribution is -0.383. The molecule has 0 aliphatic carbocycles. The lowest BCUT2D eigenvalue weighted by atomic mass is 10.3. The highest BCUT2D eigenvalue weighted by Crippen LogP contribution is 2.40. The molecule has 0 aliphatic heterocycles. The molecule has 1 atom stereocenters. The van der Waals surface area contributed by atoms with E-state index in [1.165, 1.54) is 17.4 Å². The van der Waals surface area contributed by atoms with Crippen LogP contribution in [0.5, 0.6) is 0 Å². The Hall–Kier alpha value is -1.44. The van der Waals surface area contributed by atoms with Gasteiger partial charge in [0.05, 0.1) is 11.0 Å². The average molecular weight is 298 g/mol. The lowest BCUT2D eigenvalue weighted by Gasteiger charge is -2.15. The molecule has 2 rings (SSSR count). The Balaban J connectivity index is 2.29. The van der Waals surface area contributed by atoms with Crippen LogP contribution in [0.1, 0.15) is 23.5 Å². The van der Waals surface area contributed by atoms with Gasteiger partial charge < -0.3 is 10.0 Å². The summed E-state index contributed by atoms with van der Waals surface area (Å²) in [6, 6.07) is 3.45. The SMILES string of the molecule is C[C@H](O)c1cc([N+](=O)[O-])c(N(C)Cc2ccsc2)s1. The van der Waals surface area contributed by atoms with E-state index >= 15 is 0 Å². The van der Waals surface area contributed by atoms with Gasteiger partial charge in [0.15, 0.2) is 5.00 Å². The van der Waals surface area contributed by atoms with Crippen molar-refractivity contribution in [2.24, 2.45) is 0 Å². The summed E-state index contributed by atoms with van der Waals surface area (Å²) in [6.07, 6.45) is -0.688. The van der Waals surface area contributed by atoms with Gasteiger partial charge >= 0.3 is 5.69 Å². The van der Waals surface area contributed by atoms with Crippen molar-refractivity contribution in [2.45, 2.75) is 19.6 Å². The van der Waals surface area contributed by atoms with Crippen LogP contribution in [0, 0.1) is 10.1 Å². The van der Waals surface area contributed by atoms with E-state index in [0.29, 0.717) is 16.4 Å². The van der Waals surface area contributed by atoms with Gasteiger partial charge in [-0.05, 0) is 29.3 Å². The zero-order valence-corrected chi connectivity index (χ0v) is 12.2. The minimum Gasteiger partial charge on any atom is -0.388 e. The first kappa shape index (κ1) is 14.0. The van der Waals surface area contributed by atoms with Crippen molar-refractivity contribution in [3.63, 3.8) is 0 Å². The number of aliphatic hydroxyl groups is 1. The molecule has 2 aromatic rings. The highest BCUT2D eigenvalue weighted by Gasteiger charge is 2.23. The molecule has 0 bridgehead atoms. The van der Waals surface area contributed by atoms with Crippen LogP contribution in [0.15, 0.2) is 22.9 Å². The van der Waals surface area contributed by atoms with Gasteiger partial charge in [0.2, 0.25) is 0 Å². The maximum Gasteiger partial charge on any atom is 0.304 e. The molecule has 102 valence electrons. The summed E-state index contributed by atoms with van der Waals surface area (Å²) in [6.45, 7) is 2.22. The third kappa shape index (κ3) is 3.12. The Bertz CT molecular complexity index is 564. The third-order valence-corrected chi connectivity index (χ3v) is 4.81. The molecule has 0 saturated carbocycles. The van der Waals surface area contributed by atoms with Crippen molar-refractivity contribution < 1.29 is 10.0 Å². The molecule has 0 spiro atoms. The summed E-state index contributed by atoms with van der Waals surface area (Å²) < 4.78 is 0. The Morgan fingerprint density at radius 1 is 1.58 bits per heavy atom. The van der Waals surface area contributed by atoms with Crippen LogP contribution in [-0.4, -0.2) is 17.1 Å². The van der Waals surface area contributed by atoms with Crippen LogP contribution in [0.2, 0.25) is 0 Å². The molecule has 2 heterocycles. The smallest absolute Gasteiger partial charge is 0.304 e. The highest BCUT2D eigenvalue weighted by molar-refractivity contribution is 7.16. The topological polar surface area (TPSA) is 66.6 Å². The predicted molar refractivity (Wildman–Crippen MR) is 78.0 cm³/mol. The second kappa shape index (κ2) is 5.68. The molecule has 0 aromatic carbocycles. The summed E-state index contributed by atoms with van der Waals surface area (Å²) in [7, 11) is 1.82. The van der Waals surface area contributed by atoms with Gasteiger partial charge in [-0.25, -0.2) is 0 Å². The number of aliphatic hydroxyl groups excluding tert-OH is 1. The molecule has 0 amide bonds. The highest BCUT2D eigenvalue weighted by atomic mass is 32.1. The molecule has 5 nitrogen and oxygen atoms in total. The van der Waals surface area contributed by atoms with Gasteiger partial charge in [0.1, 0.15) is 0 Å². The number of rotatable bonds is 5. The van der Waals surface area contributed by atoms with Crippen molar-refractivity contribution in [1.29, 1.82) is 0 Å². The van der Waals surface area contributed by atoms with Crippen LogP contribution in [0.4, 0.5) is 10.7 Å². The van der Waals surface area contributed by atoms with Crippen molar-refractivity contribution >= 4 is 33.4 Å². The first-order chi connectivity index (χ1) is 8.99. The van der Waals surface area contributed by atoms with Crippen LogP contribution in [-0.2, 0) is 6.54 Å². The zero-order valence-electron chi connectivity index (χ0n) is 10.6. The second-order valence-corrected chi connectivity index (χ2v) is 6.10. The fourth-order valence-electron chi connectivity index (χ4n) is 1.73.